The van der Waals surface area contributed by atoms with Crippen molar-refractivity contribution in [1.82, 2.24) is 4.90 Å². The van der Waals surface area contributed by atoms with Crippen LogP contribution in [-0.2, 0) is 16.1 Å². The molecule has 0 unspecified atom stereocenters. The minimum absolute atomic E-state index is 0.198. The van der Waals surface area contributed by atoms with E-state index < -0.39 is 0 Å². The van der Waals surface area contributed by atoms with Crippen molar-refractivity contribution >= 4 is 34.7 Å². The highest BCUT2D eigenvalue weighted by Gasteiger charge is 2.39. The summed E-state index contributed by atoms with van der Waals surface area (Å²) >= 11 is 6.08. The zero-order valence-corrected chi connectivity index (χ0v) is 18.6. The molecule has 0 radical (unpaired) electrons. The number of amides is 2. The minimum atomic E-state index is -0.364. The molecule has 0 atom stereocenters. The van der Waals surface area contributed by atoms with Crippen molar-refractivity contribution in [2.24, 2.45) is 0 Å². The number of carbonyl (C=O) groups excluding carboxylic acids is 2. The number of nitrogens with one attached hydrogen (secondary N) is 1. The van der Waals surface area contributed by atoms with Gasteiger partial charge >= 0.3 is 0 Å². The molecular formula is C26H23ClN2O3. The number of ether oxygens (including phenoxy) is 1. The first kappa shape index (κ1) is 21.7. The molecule has 1 aliphatic heterocycles. The Morgan fingerprint density at radius 1 is 0.938 bits per heavy atom. The summed E-state index contributed by atoms with van der Waals surface area (Å²) in [6, 6.07) is 22.0. The van der Waals surface area contributed by atoms with Crippen LogP contribution >= 0.6 is 11.6 Å². The summed E-state index contributed by atoms with van der Waals surface area (Å²) in [5.74, 6) is 0.00652. The highest BCUT2D eigenvalue weighted by molar-refractivity contribution is 6.36. The molecule has 0 bridgehead atoms. The fourth-order valence-corrected chi connectivity index (χ4v) is 3.88. The summed E-state index contributed by atoms with van der Waals surface area (Å²) in [4.78, 5) is 28.1. The molecule has 3 aromatic carbocycles. The maximum atomic E-state index is 13.4. The van der Waals surface area contributed by atoms with Gasteiger partial charge in [-0.15, -0.1) is 0 Å². The Labute approximate surface area is 192 Å². The second kappa shape index (κ2) is 9.28. The zero-order valence-electron chi connectivity index (χ0n) is 17.9. The van der Waals surface area contributed by atoms with E-state index in [2.05, 4.69) is 5.32 Å². The molecule has 0 saturated heterocycles. The molecule has 32 heavy (non-hydrogen) atoms. The molecule has 0 aromatic heterocycles. The Morgan fingerprint density at radius 2 is 1.66 bits per heavy atom. The van der Waals surface area contributed by atoms with E-state index in [-0.39, 0.29) is 24.1 Å². The van der Waals surface area contributed by atoms with Crippen molar-refractivity contribution in [1.29, 1.82) is 0 Å². The monoisotopic (exact) mass is 446 g/mol. The molecule has 0 saturated carbocycles. The molecule has 0 fully saturated rings. The van der Waals surface area contributed by atoms with Gasteiger partial charge in [0.05, 0.1) is 18.7 Å². The van der Waals surface area contributed by atoms with Gasteiger partial charge in [-0.3, -0.25) is 14.5 Å². The quantitative estimate of drug-likeness (QED) is 0.491. The fourth-order valence-electron chi connectivity index (χ4n) is 3.66. The molecule has 1 N–H and O–H groups in total. The second-order valence-corrected chi connectivity index (χ2v) is 7.91. The number of benzene rings is 3. The summed E-state index contributed by atoms with van der Waals surface area (Å²) in [6.45, 7) is 4.55. The maximum Gasteiger partial charge on any atom is 0.278 e. The number of hydrogen-bond acceptors (Lipinski definition) is 4. The Kier molecular flexibility index (Phi) is 6.28. The number of aryl methyl sites for hydroxylation is 1. The van der Waals surface area contributed by atoms with E-state index in [1.54, 1.807) is 36.4 Å². The Hall–Kier alpha value is -3.57. The van der Waals surface area contributed by atoms with Crippen LogP contribution in [0.15, 0.2) is 78.5 Å². The van der Waals surface area contributed by atoms with Gasteiger partial charge < -0.3 is 10.1 Å². The largest absolute Gasteiger partial charge is 0.494 e. The molecular weight excluding hydrogens is 424 g/mol. The van der Waals surface area contributed by atoms with Gasteiger partial charge in [-0.05, 0) is 60.9 Å². The van der Waals surface area contributed by atoms with Crippen LogP contribution < -0.4 is 10.1 Å². The van der Waals surface area contributed by atoms with E-state index in [0.29, 0.717) is 28.5 Å². The number of imide groups is 1. The molecule has 1 aliphatic rings. The molecule has 0 aliphatic carbocycles. The SMILES string of the molecule is CCOc1ccc(C2=C(Nc3ccc(Cl)cc3C)C(=O)N(Cc3ccccc3)C2=O)cc1. The van der Waals surface area contributed by atoms with E-state index in [0.717, 1.165) is 16.8 Å². The van der Waals surface area contributed by atoms with Crippen LogP contribution in [0.4, 0.5) is 5.69 Å². The number of halogens is 1. The highest BCUT2D eigenvalue weighted by atomic mass is 35.5. The smallest absolute Gasteiger partial charge is 0.278 e. The molecule has 2 amide bonds. The normalized spacial score (nSPS) is 13.7. The molecule has 0 spiro atoms. The Morgan fingerprint density at radius 3 is 2.31 bits per heavy atom. The average Bonchev–Trinajstić information content (AvgIpc) is 3.01. The van der Waals surface area contributed by atoms with Gasteiger partial charge in [0, 0.05) is 10.7 Å². The predicted molar refractivity (Wildman–Crippen MR) is 126 cm³/mol. The van der Waals surface area contributed by atoms with Gasteiger partial charge in [-0.1, -0.05) is 54.1 Å². The number of anilines is 1. The predicted octanol–water partition coefficient (Wildman–Crippen LogP) is 5.44. The summed E-state index contributed by atoms with van der Waals surface area (Å²) in [5.41, 5.74) is 3.71. The Balaban J connectivity index is 1.74. The average molecular weight is 447 g/mol. The van der Waals surface area contributed by atoms with Gasteiger partial charge in [-0.25, -0.2) is 0 Å². The van der Waals surface area contributed by atoms with Crippen LogP contribution in [0.25, 0.3) is 5.57 Å². The summed E-state index contributed by atoms with van der Waals surface area (Å²) < 4.78 is 5.51. The minimum Gasteiger partial charge on any atom is -0.494 e. The third-order valence-corrected chi connectivity index (χ3v) is 5.49. The van der Waals surface area contributed by atoms with Gasteiger partial charge in [-0.2, -0.15) is 0 Å². The van der Waals surface area contributed by atoms with Crippen LogP contribution in [0.5, 0.6) is 5.75 Å². The second-order valence-electron chi connectivity index (χ2n) is 7.47. The summed E-state index contributed by atoms with van der Waals surface area (Å²) in [7, 11) is 0. The lowest BCUT2D eigenvalue weighted by Gasteiger charge is -2.16. The van der Waals surface area contributed by atoms with Crippen molar-refractivity contribution in [2.45, 2.75) is 20.4 Å². The fraction of sp³-hybridized carbons (Fsp3) is 0.154. The molecule has 4 rings (SSSR count). The molecule has 1 heterocycles. The summed E-state index contributed by atoms with van der Waals surface area (Å²) in [5, 5.41) is 3.80. The van der Waals surface area contributed by atoms with Crippen molar-refractivity contribution in [3.63, 3.8) is 0 Å². The van der Waals surface area contributed by atoms with Crippen LogP contribution in [0.1, 0.15) is 23.6 Å². The van der Waals surface area contributed by atoms with Crippen LogP contribution in [0.3, 0.4) is 0 Å². The van der Waals surface area contributed by atoms with Gasteiger partial charge in [0.1, 0.15) is 11.4 Å². The summed E-state index contributed by atoms with van der Waals surface area (Å²) in [6.07, 6.45) is 0. The van der Waals surface area contributed by atoms with E-state index >= 15 is 0 Å². The van der Waals surface area contributed by atoms with Gasteiger partial charge in [0.25, 0.3) is 11.8 Å². The van der Waals surface area contributed by atoms with Gasteiger partial charge in [0.15, 0.2) is 0 Å². The van der Waals surface area contributed by atoms with Crippen LogP contribution in [-0.4, -0.2) is 23.3 Å². The molecule has 162 valence electrons. The molecule has 6 heteroatoms. The van der Waals surface area contributed by atoms with E-state index in [4.69, 9.17) is 16.3 Å². The number of carbonyl (C=O) groups is 2. The lowest BCUT2D eigenvalue weighted by molar-refractivity contribution is -0.137. The zero-order chi connectivity index (χ0) is 22.7. The van der Waals surface area contributed by atoms with Crippen LogP contribution in [0, 0.1) is 6.92 Å². The lowest BCUT2D eigenvalue weighted by Crippen LogP contribution is -2.32. The van der Waals surface area contributed by atoms with E-state index in [1.807, 2.05) is 50.2 Å². The van der Waals surface area contributed by atoms with Crippen LogP contribution in [0.2, 0.25) is 5.02 Å². The number of nitrogens with zero attached hydrogens (tertiary/aromatic N) is 1. The standard InChI is InChI=1S/C26H23ClN2O3/c1-3-32-21-12-9-19(10-13-21)23-24(28-22-14-11-20(27)15-17(22)2)26(31)29(25(23)30)16-18-7-5-4-6-8-18/h4-15,28H,3,16H2,1-2H3. The van der Waals surface area contributed by atoms with Crippen molar-refractivity contribution in [3.8, 4) is 5.75 Å². The third-order valence-electron chi connectivity index (χ3n) is 5.25. The molecule has 3 aromatic rings. The van der Waals surface area contributed by atoms with Crippen molar-refractivity contribution < 1.29 is 14.3 Å². The topological polar surface area (TPSA) is 58.6 Å². The van der Waals surface area contributed by atoms with E-state index in [1.165, 1.54) is 4.90 Å². The number of rotatable bonds is 7. The van der Waals surface area contributed by atoms with E-state index in [9.17, 15) is 9.59 Å². The molecule has 5 nitrogen and oxygen atoms in total. The maximum absolute atomic E-state index is 13.4. The third kappa shape index (κ3) is 4.39. The van der Waals surface area contributed by atoms with Crippen molar-refractivity contribution in [2.75, 3.05) is 11.9 Å². The first-order chi connectivity index (χ1) is 15.5. The first-order valence-corrected chi connectivity index (χ1v) is 10.8. The number of hydrogen-bond donors (Lipinski definition) is 1. The van der Waals surface area contributed by atoms with Crippen molar-refractivity contribution in [3.05, 3.63) is 100 Å². The first-order valence-electron chi connectivity index (χ1n) is 10.4. The lowest BCUT2D eigenvalue weighted by atomic mass is 10.0. The van der Waals surface area contributed by atoms with Gasteiger partial charge in [0.2, 0.25) is 0 Å². The Bertz CT molecular complexity index is 1190. The highest BCUT2D eigenvalue weighted by Crippen LogP contribution is 2.33.